The van der Waals surface area contributed by atoms with E-state index in [0.717, 1.165) is 22.9 Å². The van der Waals surface area contributed by atoms with Gasteiger partial charge < -0.3 is 15.6 Å². The summed E-state index contributed by atoms with van der Waals surface area (Å²) in [5, 5.41) is 3.20. The average molecular weight is 413 g/mol. The van der Waals surface area contributed by atoms with Gasteiger partial charge in [-0.05, 0) is 24.1 Å². The Kier molecular flexibility index (Phi) is 4.86. The molecule has 1 aliphatic carbocycles. The van der Waals surface area contributed by atoms with Crippen LogP contribution in [0.1, 0.15) is 36.0 Å². The minimum absolute atomic E-state index is 0.0436. The molecule has 154 valence electrons. The molecule has 4 rings (SSSR count). The fourth-order valence-electron chi connectivity index (χ4n) is 3.49. The highest BCUT2D eigenvalue weighted by Gasteiger charge is 2.38. The summed E-state index contributed by atoms with van der Waals surface area (Å²) in [6, 6.07) is 7.75. The van der Waals surface area contributed by atoms with Crippen molar-refractivity contribution in [2.24, 2.45) is 0 Å². The summed E-state index contributed by atoms with van der Waals surface area (Å²) in [5.74, 6) is 6.19. The maximum absolute atomic E-state index is 12.9. The van der Waals surface area contributed by atoms with E-state index in [1.54, 1.807) is 0 Å². The lowest BCUT2D eigenvalue weighted by Crippen LogP contribution is -2.23. The number of halogens is 3. The highest BCUT2D eigenvalue weighted by molar-refractivity contribution is 5.92. The minimum atomic E-state index is -4.40. The van der Waals surface area contributed by atoms with E-state index >= 15 is 0 Å². The zero-order chi connectivity index (χ0) is 21.5. The molecule has 1 saturated carbocycles. The average Bonchev–Trinajstić information content (AvgIpc) is 3.33. The molecule has 0 bridgehead atoms. The topological polar surface area (TPSA) is 85.8 Å². The molecular weight excluding hydrogens is 395 g/mol. The smallest absolute Gasteiger partial charge is 0.383 e. The number of fused-ring (bicyclic) bond motifs is 1. The first-order valence-electron chi connectivity index (χ1n) is 9.26. The number of nitrogens with zero attached hydrogens (tertiary/aromatic N) is 3. The first kappa shape index (κ1) is 19.8. The van der Waals surface area contributed by atoms with Crippen LogP contribution in [0, 0.1) is 11.8 Å². The molecule has 1 amide bonds. The number of anilines is 1. The van der Waals surface area contributed by atoms with Gasteiger partial charge in [0.2, 0.25) is 5.91 Å². The Bertz CT molecular complexity index is 1170. The molecular formula is C21H18F3N5O. The van der Waals surface area contributed by atoms with Crippen molar-refractivity contribution in [2.45, 2.75) is 38.0 Å². The molecule has 0 saturated heterocycles. The minimum Gasteiger partial charge on any atom is -0.383 e. The predicted octanol–water partition coefficient (Wildman–Crippen LogP) is 2.97. The van der Waals surface area contributed by atoms with Crippen LogP contribution in [0.5, 0.6) is 0 Å². The number of amides is 1. The lowest BCUT2D eigenvalue weighted by atomic mass is 10.1. The summed E-state index contributed by atoms with van der Waals surface area (Å²) < 4.78 is 39.6. The number of hydrogen-bond acceptors (Lipinski definition) is 4. The lowest BCUT2D eigenvalue weighted by molar-refractivity contribution is -0.140. The van der Waals surface area contributed by atoms with Crippen molar-refractivity contribution >= 4 is 22.8 Å². The maximum atomic E-state index is 12.9. The van der Waals surface area contributed by atoms with Crippen molar-refractivity contribution in [3.8, 4) is 11.8 Å². The number of carbonyl (C=O) groups excluding carboxylic acids is 1. The summed E-state index contributed by atoms with van der Waals surface area (Å²) >= 11 is 0. The lowest BCUT2D eigenvalue weighted by Gasteiger charge is -2.07. The number of nitrogen functional groups attached to an aromatic ring is 1. The van der Waals surface area contributed by atoms with E-state index in [9.17, 15) is 18.0 Å². The number of nitrogens with one attached hydrogen (secondary N) is 1. The third-order valence-electron chi connectivity index (χ3n) is 4.89. The first-order valence-corrected chi connectivity index (χ1v) is 9.26. The fourth-order valence-corrected chi connectivity index (χ4v) is 3.49. The Morgan fingerprint density at radius 1 is 1.27 bits per heavy atom. The van der Waals surface area contributed by atoms with Gasteiger partial charge in [0.1, 0.15) is 24.3 Å². The van der Waals surface area contributed by atoms with Gasteiger partial charge in [-0.15, -0.1) is 0 Å². The molecule has 0 aliphatic heterocycles. The summed E-state index contributed by atoms with van der Waals surface area (Å²) in [6.45, 7) is 0.310. The van der Waals surface area contributed by atoms with Crippen LogP contribution in [0.4, 0.5) is 19.0 Å². The number of alkyl halides is 3. The van der Waals surface area contributed by atoms with Crippen LogP contribution in [0.25, 0.3) is 11.0 Å². The van der Waals surface area contributed by atoms with E-state index in [2.05, 4.69) is 27.1 Å². The quantitative estimate of drug-likeness (QED) is 0.647. The van der Waals surface area contributed by atoms with Crippen molar-refractivity contribution in [3.63, 3.8) is 0 Å². The highest BCUT2D eigenvalue weighted by Crippen LogP contribution is 2.40. The van der Waals surface area contributed by atoms with Gasteiger partial charge in [-0.1, -0.05) is 24.0 Å². The van der Waals surface area contributed by atoms with E-state index in [0.29, 0.717) is 22.4 Å². The normalized spacial score (nSPS) is 18.0. The molecule has 1 aromatic carbocycles. The number of carbonyl (C=O) groups is 1. The Balaban J connectivity index is 1.59. The van der Waals surface area contributed by atoms with Gasteiger partial charge in [0.25, 0.3) is 0 Å². The number of aromatic nitrogens is 3. The standard InChI is InChI=1S/C21H18F3N5O/c1-12(30)28-17-8-16(17)14-5-2-13(3-6-14)4-7-15-9-29(10-21(22,23)24)20-18(15)19(25)26-11-27-20/h2-3,5-6,9,11,16-17H,8,10H2,1H3,(H,28,30)(H2,25,26,27). The van der Waals surface area contributed by atoms with Crippen molar-refractivity contribution < 1.29 is 18.0 Å². The number of hydrogen-bond donors (Lipinski definition) is 2. The van der Waals surface area contributed by atoms with E-state index in [-0.39, 0.29) is 23.4 Å². The molecule has 3 N–H and O–H groups in total. The van der Waals surface area contributed by atoms with Gasteiger partial charge >= 0.3 is 6.18 Å². The van der Waals surface area contributed by atoms with Crippen LogP contribution in [-0.2, 0) is 11.3 Å². The first-order chi connectivity index (χ1) is 14.2. The molecule has 1 fully saturated rings. The molecule has 2 aromatic heterocycles. The SMILES string of the molecule is CC(=O)NC1CC1c1ccc(C#Cc2cn(CC(F)(F)F)c3ncnc(N)c23)cc1. The third kappa shape index (κ3) is 4.22. The van der Waals surface area contributed by atoms with E-state index < -0.39 is 12.7 Å². The summed E-state index contributed by atoms with van der Waals surface area (Å²) in [5.41, 5.74) is 8.12. The molecule has 2 atom stereocenters. The Hall–Kier alpha value is -3.54. The third-order valence-corrected chi connectivity index (χ3v) is 4.89. The van der Waals surface area contributed by atoms with Crippen molar-refractivity contribution in [3.05, 3.63) is 53.5 Å². The number of benzene rings is 1. The maximum Gasteiger partial charge on any atom is 0.406 e. The molecule has 2 heterocycles. The summed E-state index contributed by atoms with van der Waals surface area (Å²) in [7, 11) is 0. The molecule has 9 heteroatoms. The van der Waals surface area contributed by atoms with Crippen LogP contribution in [0.3, 0.4) is 0 Å². The Morgan fingerprint density at radius 3 is 2.67 bits per heavy atom. The molecule has 1 aliphatic rings. The second-order valence-corrected chi connectivity index (χ2v) is 7.26. The van der Waals surface area contributed by atoms with E-state index in [4.69, 9.17) is 5.73 Å². The number of nitrogens with two attached hydrogens (primary N) is 1. The zero-order valence-electron chi connectivity index (χ0n) is 16.0. The summed E-state index contributed by atoms with van der Waals surface area (Å²) in [4.78, 5) is 18.9. The van der Waals surface area contributed by atoms with Gasteiger partial charge in [0, 0.05) is 30.6 Å². The van der Waals surface area contributed by atoms with Gasteiger partial charge in [-0.3, -0.25) is 4.79 Å². The van der Waals surface area contributed by atoms with Crippen LogP contribution in [0.15, 0.2) is 36.8 Å². The Morgan fingerprint density at radius 2 is 2.00 bits per heavy atom. The number of rotatable bonds is 3. The van der Waals surface area contributed by atoms with E-state index in [1.807, 2.05) is 24.3 Å². The Labute approximate surface area is 170 Å². The van der Waals surface area contributed by atoms with Gasteiger partial charge in [-0.25, -0.2) is 9.97 Å². The van der Waals surface area contributed by atoms with Crippen LogP contribution in [-0.4, -0.2) is 32.7 Å². The molecule has 3 aromatic rings. The molecule has 0 radical (unpaired) electrons. The molecule has 2 unspecified atom stereocenters. The van der Waals surface area contributed by atoms with E-state index in [1.165, 1.54) is 13.1 Å². The molecule has 6 nitrogen and oxygen atoms in total. The van der Waals surface area contributed by atoms with Crippen molar-refractivity contribution in [2.75, 3.05) is 5.73 Å². The van der Waals surface area contributed by atoms with Gasteiger partial charge in [-0.2, -0.15) is 13.2 Å². The van der Waals surface area contributed by atoms with Crippen LogP contribution in [0.2, 0.25) is 0 Å². The fraction of sp³-hybridized carbons (Fsp3) is 0.286. The monoisotopic (exact) mass is 413 g/mol. The van der Waals surface area contributed by atoms with Crippen molar-refractivity contribution in [1.29, 1.82) is 0 Å². The van der Waals surface area contributed by atoms with Gasteiger partial charge in [0.15, 0.2) is 0 Å². The predicted molar refractivity (Wildman–Crippen MR) is 105 cm³/mol. The van der Waals surface area contributed by atoms with Crippen molar-refractivity contribution in [1.82, 2.24) is 19.9 Å². The summed E-state index contributed by atoms with van der Waals surface area (Å²) in [6.07, 6.45) is -1.06. The van der Waals surface area contributed by atoms with Crippen LogP contribution >= 0.6 is 0 Å². The molecule has 30 heavy (non-hydrogen) atoms. The van der Waals surface area contributed by atoms with Crippen LogP contribution < -0.4 is 11.1 Å². The second-order valence-electron chi connectivity index (χ2n) is 7.26. The molecule has 0 spiro atoms. The van der Waals surface area contributed by atoms with Gasteiger partial charge in [0.05, 0.1) is 10.9 Å². The largest absolute Gasteiger partial charge is 0.406 e. The highest BCUT2D eigenvalue weighted by atomic mass is 19.4. The second kappa shape index (κ2) is 7.37. The zero-order valence-corrected chi connectivity index (χ0v) is 16.0.